The minimum Gasteiger partial charge on any atom is -0.444 e. The second-order valence-corrected chi connectivity index (χ2v) is 6.57. The van der Waals surface area contributed by atoms with Crippen LogP contribution in [0.15, 0.2) is 29.5 Å². The number of hydrogen-bond acceptors (Lipinski definition) is 5. The second kappa shape index (κ2) is 6.81. The zero-order chi connectivity index (χ0) is 17.0. The Bertz CT molecular complexity index is 632. The summed E-state index contributed by atoms with van der Waals surface area (Å²) in [6, 6.07) is 6.00. The molecule has 0 saturated heterocycles. The third kappa shape index (κ3) is 4.31. The molecule has 0 spiro atoms. The van der Waals surface area contributed by atoms with Crippen LogP contribution in [0.5, 0.6) is 0 Å². The van der Waals surface area contributed by atoms with E-state index in [1.807, 2.05) is 39.0 Å². The number of fused-ring (bicyclic) bond motifs is 1. The van der Waals surface area contributed by atoms with Crippen molar-refractivity contribution in [2.24, 2.45) is 5.11 Å². The smallest absolute Gasteiger partial charge is 0.410 e. The Balaban J connectivity index is 2.20. The van der Waals surface area contributed by atoms with Gasteiger partial charge in [0.2, 0.25) is 0 Å². The van der Waals surface area contributed by atoms with Crippen LogP contribution in [0.4, 0.5) is 4.79 Å². The number of carbonyl (C=O) groups is 1. The topological polar surface area (TPSA) is 77.8 Å². The minimum absolute atomic E-state index is 0.287. The van der Waals surface area contributed by atoms with Crippen LogP contribution in [0.2, 0.25) is 0 Å². The van der Waals surface area contributed by atoms with Crippen molar-refractivity contribution in [2.45, 2.75) is 39.3 Å². The maximum absolute atomic E-state index is 12.2. The van der Waals surface area contributed by atoms with Gasteiger partial charge in [-0.2, -0.15) is 5.11 Å². The van der Waals surface area contributed by atoms with Crippen LogP contribution in [0, 0.1) is 5.53 Å². The Labute approximate surface area is 137 Å². The van der Waals surface area contributed by atoms with Crippen LogP contribution in [0.1, 0.15) is 37.5 Å². The van der Waals surface area contributed by atoms with E-state index in [9.17, 15) is 4.79 Å². The molecule has 1 aromatic carbocycles. The van der Waals surface area contributed by atoms with Crippen molar-refractivity contribution >= 4 is 11.8 Å². The fourth-order valence-corrected chi connectivity index (χ4v) is 2.52. The molecule has 0 radical (unpaired) electrons. The summed E-state index contributed by atoms with van der Waals surface area (Å²) in [7, 11) is 1.77. The highest BCUT2D eigenvalue weighted by Gasteiger charge is 2.25. The van der Waals surface area contributed by atoms with Crippen molar-refractivity contribution in [1.82, 2.24) is 10.2 Å². The standard InChI is InChI=1S/C17H24N4O2/c1-17(2,3)23-16(22)21-8-7-12-5-6-13(9-14(12)11-21)15(20-18)10-19-4/h5-6,9-10,18-19H,7-8,11H2,1-4H3/b15-10-,20-18?. The highest BCUT2D eigenvalue weighted by atomic mass is 16.6. The molecule has 0 saturated carbocycles. The van der Waals surface area contributed by atoms with E-state index >= 15 is 0 Å². The summed E-state index contributed by atoms with van der Waals surface area (Å²) in [4.78, 5) is 14.0. The maximum atomic E-state index is 12.2. The average molecular weight is 316 g/mol. The predicted molar refractivity (Wildman–Crippen MR) is 89.0 cm³/mol. The Morgan fingerprint density at radius 3 is 2.74 bits per heavy atom. The van der Waals surface area contributed by atoms with E-state index < -0.39 is 5.60 Å². The van der Waals surface area contributed by atoms with Gasteiger partial charge in [0.1, 0.15) is 11.3 Å². The fraction of sp³-hybridized carbons (Fsp3) is 0.471. The molecule has 0 atom stereocenters. The number of rotatable bonds is 3. The molecule has 0 unspecified atom stereocenters. The summed E-state index contributed by atoms with van der Waals surface area (Å²) < 4.78 is 5.45. The van der Waals surface area contributed by atoms with Crippen LogP contribution >= 0.6 is 0 Å². The van der Waals surface area contributed by atoms with Crippen molar-refractivity contribution in [3.8, 4) is 0 Å². The Kier molecular flexibility index (Phi) is 5.03. The zero-order valence-corrected chi connectivity index (χ0v) is 14.1. The van der Waals surface area contributed by atoms with Gasteiger partial charge in [0, 0.05) is 31.9 Å². The lowest BCUT2D eigenvalue weighted by molar-refractivity contribution is 0.0224. The number of amides is 1. The van der Waals surface area contributed by atoms with Crippen molar-refractivity contribution in [3.63, 3.8) is 0 Å². The van der Waals surface area contributed by atoms with Gasteiger partial charge in [0.25, 0.3) is 0 Å². The predicted octanol–water partition coefficient (Wildman–Crippen LogP) is 3.53. The summed E-state index contributed by atoms with van der Waals surface area (Å²) in [5, 5.41) is 6.43. The molecular formula is C17H24N4O2. The molecule has 6 nitrogen and oxygen atoms in total. The first-order valence-electron chi connectivity index (χ1n) is 7.69. The Morgan fingerprint density at radius 2 is 2.13 bits per heavy atom. The molecule has 124 valence electrons. The van der Waals surface area contributed by atoms with Crippen LogP contribution in [0.25, 0.3) is 5.70 Å². The molecule has 6 heteroatoms. The third-order valence-electron chi connectivity index (χ3n) is 3.57. The van der Waals surface area contributed by atoms with Gasteiger partial charge in [0.05, 0.1) is 0 Å². The quantitative estimate of drug-likeness (QED) is 0.837. The van der Waals surface area contributed by atoms with Gasteiger partial charge in [-0.25, -0.2) is 10.3 Å². The van der Waals surface area contributed by atoms with E-state index in [-0.39, 0.29) is 6.09 Å². The summed E-state index contributed by atoms with van der Waals surface area (Å²) in [5.41, 5.74) is 10.5. The largest absolute Gasteiger partial charge is 0.444 e. The molecule has 1 heterocycles. The van der Waals surface area contributed by atoms with Gasteiger partial charge >= 0.3 is 6.09 Å². The van der Waals surface area contributed by atoms with Gasteiger partial charge in [-0.15, -0.1) is 0 Å². The van der Waals surface area contributed by atoms with Crippen molar-refractivity contribution in [3.05, 3.63) is 41.1 Å². The maximum Gasteiger partial charge on any atom is 0.410 e. The lowest BCUT2D eigenvalue weighted by Gasteiger charge is -2.31. The molecule has 0 fully saturated rings. The molecule has 1 aliphatic rings. The molecule has 1 aliphatic heterocycles. The molecule has 2 rings (SSSR count). The van der Waals surface area contributed by atoms with E-state index in [2.05, 4.69) is 10.4 Å². The van der Waals surface area contributed by atoms with Crippen LogP contribution in [0.3, 0.4) is 0 Å². The molecule has 1 aromatic rings. The van der Waals surface area contributed by atoms with Crippen molar-refractivity contribution in [2.75, 3.05) is 13.6 Å². The monoisotopic (exact) mass is 316 g/mol. The molecule has 23 heavy (non-hydrogen) atoms. The molecule has 2 N–H and O–H groups in total. The highest BCUT2D eigenvalue weighted by molar-refractivity contribution is 5.69. The minimum atomic E-state index is -0.494. The second-order valence-electron chi connectivity index (χ2n) is 6.57. The first-order valence-corrected chi connectivity index (χ1v) is 7.69. The van der Waals surface area contributed by atoms with Gasteiger partial charge in [-0.3, -0.25) is 0 Å². The summed E-state index contributed by atoms with van der Waals surface area (Å²) >= 11 is 0. The first kappa shape index (κ1) is 17.0. The number of carbonyl (C=O) groups excluding carboxylic acids is 1. The summed E-state index contributed by atoms with van der Waals surface area (Å²) in [6.07, 6.45) is 2.20. The molecule has 0 aromatic heterocycles. The van der Waals surface area contributed by atoms with Gasteiger partial charge in [0.15, 0.2) is 0 Å². The molecule has 0 bridgehead atoms. The van der Waals surface area contributed by atoms with Crippen LogP contribution < -0.4 is 5.32 Å². The third-order valence-corrected chi connectivity index (χ3v) is 3.57. The molecular weight excluding hydrogens is 292 g/mol. The normalized spacial score (nSPS) is 15.0. The number of benzene rings is 1. The van der Waals surface area contributed by atoms with E-state index in [1.165, 1.54) is 5.56 Å². The Morgan fingerprint density at radius 1 is 1.39 bits per heavy atom. The van der Waals surface area contributed by atoms with E-state index in [0.29, 0.717) is 18.8 Å². The van der Waals surface area contributed by atoms with E-state index in [1.54, 1.807) is 18.1 Å². The average Bonchev–Trinajstić information content (AvgIpc) is 2.50. The lowest BCUT2D eigenvalue weighted by Crippen LogP contribution is -2.39. The number of hydrogen-bond donors (Lipinski definition) is 2. The summed E-state index contributed by atoms with van der Waals surface area (Å²) in [5.74, 6) is 0. The number of nitrogens with zero attached hydrogens (tertiary/aromatic N) is 2. The summed E-state index contributed by atoms with van der Waals surface area (Å²) in [6.45, 7) is 6.77. The Hall–Kier alpha value is -2.37. The number of ether oxygens (including phenoxy) is 1. The van der Waals surface area contributed by atoms with Crippen LogP contribution in [-0.4, -0.2) is 30.2 Å². The molecule has 1 amide bonds. The fourth-order valence-electron chi connectivity index (χ4n) is 2.52. The number of nitrogens with one attached hydrogen (secondary N) is 2. The van der Waals surface area contributed by atoms with Crippen molar-refractivity contribution < 1.29 is 9.53 Å². The van der Waals surface area contributed by atoms with Gasteiger partial charge < -0.3 is 15.0 Å². The van der Waals surface area contributed by atoms with E-state index in [4.69, 9.17) is 10.3 Å². The SMILES string of the molecule is CN/C=C(\N=N)c1ccc2c(c1)CN(C(=O)OC(C)(C)C)CC2. The van der Waals surface area contributed by atoms with Crippen LogP contribution in [-0.2, 0) is 17.7 Å². The zero-order valence-electron chi connectivity index (χ0n) is 14.1. The van der Waals surface area contributed by atoms with E-state index in [0.717, 1.165) is 17.5 Å². The van der Waals surface area contributed by atoms with Gasteiger partial charge in [-0.1, -0.05) is 12.1 Å². The molecule has 0 aliphatic carbocycles. The first-order chi connectivity index (χ1) is 10.8. The highest BCUT2D eigenvalue weighted by Crippen LogP contribution is 2.25. The van der Waals surface area contributed by atoms with Crippen molar-refractivity contribution in [1.29, 1.82) is 5.53 Å². The lowest BCUT2D eigenvalue weighted by atomic mass is 9.97. The van der Waals surface area contributed by atoms with Gasteiger partial charge in [-0.05, 0) is 44.4 Å².